The molecule has 2 amide bonds. The van der Waals surface area contributed by atoms with E-state index >= 15 is 0 Å². The van der Waals surface area contributed by atoms with Crippen LogP contribution in [0.3, 0.4) is 0 Å². The van der Waals surface area contributed by atoms with E-state index in [-0.39, 0.29) is 29.6 Å². The minimum Gasteiger partial charge on any atom is -0.477 e. The van der Waals surface area contributed by atoms with E-state index in [0.29, 0.717) is 44.2 Å². The number of carbonyl (C=O) groups excluding carboxylic acids is 2. The molecule has 32 heavy (non-hydrogen) atoms. The summed E-state index contributed by atoms with van der Waals surface area (Å²) in [5.41, 5.74) is -0.304. The zero-order valence-corrected chi connectivity index (χ0v) is 18.2. The lowest BCUT2D eigenvalue weighted by Gasteiger charge is -2.33. The number of piperazine rings is 1. The van der Waals surface area contributed by atoms with Gasteiger partial charge in [0.2, 0.25) is 11.2 Å². The lowest BCUT2D eigenvalue weighted by Crippen LogP contribution is -2.48. The summed E-state index contributed by atoms with van der Waals surface area (Å²) in [7, 11) is 0. The van der Waals surface area contributed by atoms with Gasteiger partial charge < -0.3 is 23.4 Å². The zero-order valence-electron chi connectivity index (χ0n) is 18.2. The summed E-state index contributed by atoms with van der Waals surface area (Å²) < 4.78 is 16.2. The van der Waals surface area contributed by atoms with Gasteiger partial charge in [0.15, 0.2) is 12.4 Å². The smallest absolute Gasteiger partial charge is 0.289 e. The number of hydrogen-bond acceptors (Lipinski definition) is 7. The fourth-order valence-electron chi connectivity index (χ4n) is 4.06. The van der Waals surface area contributed by atoms with Gasteiger partial charge in [0.05, 0.1) is 12.8 Å². The summed E-state index contributed by atoms with van der Waals surface area (Å²) >= 11 is 0. The van der Waals surface area contributed by atoms with Gasteiger partial charge in [0.1, 0.15) is 12.0 Å². The van der Waals surface area contributed by atoms with Crippen LogP contribution in [0.4, 0.5) is 0 Å². The first-order valence-corrected chi connectivity index (χ1v) is 11.2. The van der Waals surface area contributed by atoms with Gasteiger partial charge >= 0.3 is 0 Å². The Morgan fingerprint density at radius 3 is 2.34 bits per heavy atom. The lowest BCUT2D eigenvalue weighted by atomic mass is 10.2. The van der Waals surface area contributed by atoms with Crippen molar-refractivity contribution in [2.24, 2.45) is 0 Å². The molecule has 0 atom stereocenters. The van der Waals surface area contributed by atoms with Crippen molar-refractivity contribution in [3.8, 4) is 5.75 Å². The van der Waals surface area contributed by atoms with E-state index in [1.54, 1.807) is 21.9 Å². The number of rotatable bonds is 6. The molecule has 0 unspecified atom stereocenters. The SMILES string of the molecule is O=C(COc1coc(CN2CCN(C(=O)c3ccco3)CC2)cc1=O)N1CCCCCC1. The maximum Gasteiger partial charge on any atom is 0.289 e. The van der Waals surface area contributed by atoms with E-state index < -0.39 is 0 Å². The molecule has 172 valence electrons. The first kappa shape index (κ1) is 22.1. The van der Waals surface area contributed by atoms with Crippen molar-refractivity contribution in [2.75, 3.05) is 45.9 Å². The third-order valence-electron chi connectivity index (χ3n) is 5.93. The zero-order chi connectivity index (χ0) is 22.3. The van der Waals surface area contributed by atoms with Crippen molar-refractivity contribution >= 4 is 11.8 Å². The van der Waals surface area contributed by atoms with Crippen LogP contribution in [0, 0.1) is 0 Å². The van der Waals surface area contributed by atoms with E-state index in [9.17, 15) is 14.4 Å². The monoisotopic (exact) mass is 443 g/mol. The minimum absolute atomic E-state index is 0.0470. The maximum absolute atomic E-state index is 12.4. The molecular weight excluding hydrogens is 414 g/mol. The number of likely N-dealkylation sites (tertiary alicyclic amines) is 1. The van der Waals surface area contributed by atoms with Gasteiger partial charge in [-0.3, -0.25) is 19.3 Å². The highest BCUT2D eigenvalue weighted by atomic mass is 16.5. The van der Waals surface area contributed by atoms with Crippen molar-refractivity contribution in [1.29, 1.82) is 0 Å². The van der Waals surface area contributed by atoms with Gasteiger partial charge in [-0.2, -0.15) is 0 Å². The molecule has 0 aromatic carbocycles. The van der Waals surface area contributed by atoms with E-state index in [0.717, 1.165) is 38.8 Å². The Labute approximate surface area is 186 Å². The van der Waals surface area contributed by atoms with Crippen molar-refractivity contribution in [3.63, 3.8) is 0 Å². The second-order valence-corrected chi connectivity index (χ2v) is 8.20. The second-order valence-electron chi connectivity index (χ2n) is 8.20. The van der Waals surface area contributed by atoms with Crippen molar-refractivity contribution in [2.45, 2.75) is 32.2 Å². The molecule has 9 nitrogen and oxygen atoms in total. The van der Waals surface area contributed by atoms with Crippen molar-refractivity contribution in [1.82, 2.24) is 14.7 Å². The number of hydrogen-bond donors (Lipinski definition) is 0. The van der Waals surface area contributed by atoms with Gasteiger partial charge in [-0.25, -0.2) is 0 Å². The first-order chi connectivity index (χ1) is 15.6. The van der Waals surface area contributed by atoms with Gasteiger partial charge in [0.25, 0.3) is 11.8 Å². The Hall–Kier alpha value is -3.07. The third-order valence-corrected chi connectivity index (χ3v) is 5.93. The Bertz CT molecular complexity index is 954. The van der Waals surface area contributed by atoms with Crippen molar-refractivity contribution in [3.05, 3.63) is 52.5 Å². The van der Waals surface area contributed by atoms with Crippen LogP contribution in [0.5, 0.6) is 5.75 Å². The molecule has 2 fully saturated rings. The highest BCUT2D eigenvalue weighted by Gasteiger charge is 2.24. The molecule has 9 heteroatoms. The quantitative estimate of drug-likeness (QED) is 0.673. The van der Waals surface area contributed by atoms with Crippen LogP contribution in [0.25, 0.3) is 0 Å². The Morgan fingerprint density at radius 2 is 1.69 bits per heavy atom. The number of amides is 2. The lowest BCUT2D eigenvalue weighted by molar-refractivity contribution is -0.133. The molecule has 0 aliphatic carbocycles. The molecule has 4 heterocycles. The molecular formula is C23H29N3O6. The molecule has 4 rings (SSSR count). The summed E-state index contributed by atoms with van der Waals surface area (Å²) in [4.78, 5) is 42.8. The molecule has 2 aromatic rings. The van der Waals surface area contributed by atoms with Crippen LogP contribution in [-0.4, -0.2) is 72.4 Å². The largest absolute Gasteiger partial charge is 0.477 e. The topological polar surface area (TPSA) is 96.4 Å². The molecule has 0 spiro atoms. The molecule has 0 saturated carbocycles. The summed E-state index contributed by atoms with van der Waals surface area (Å²) in [6, 6.07) is 4.77. The highest BCUT2D eigenvalue weighted by molar-refractivity contribution is 5.91. The van der Waals surface area contributed by atoms with E-state index in [1.807, 2.05) is 0 Å². The van der Waals surface area contributed by atoms with E-state index in [2.05, 4.69) is 4.90 Å². The predicted octanol–water partition coefficient (Wildman–Crippen LogP) is 1.97. The Balaban J connectivity index is 1.25. The van der Waals surface area contributed by atoms with Crippen LogP contribution in [0.1, 0.15) is 42.0 Å². The van der Waals surface area contributed by atoms with Gasteiger partial charge in [-0.05, 0) is 25.0 Å². The molecule has 0 radical (unpaired) electrons. The van der Waals surface area contributed by atoms with Gasteiger partial charge in [-0.15, -0.1) is 0 Å². The molecule has 0 N–H and O–H groups in total. The molecule has 2 aromatic heterocycles. The molecule has 2 saturated heterocycles. The van der Waals surface area contributed by atoms with E-state index in [1.165, 1.54) is 18.6 Å². The van der Waals surface area contributed by atoms with Crippen LogP contribution < -0.4 is 10.2 Å². The fourth-order valence-corrected chi connectivity index (χ4v) is 4.06. The maximum atomic E-state index is 12.4. The highest BCUT2D eigenvalue weighted by Crippen LogP contribution is 2.14. The first-order valence-electron chi connectivity index (χ1n) is 11.2. The second kappa shape index (κ2) is 10.5. The number of furan rings is 1. The molecule has 0 bridgehead atoms. The third kappa shape index (κ3) is 5.59. The number of ether oxygens (including phenoxy) is 1. The molecule has 2 aliphatic rings. The van der Waals surface area contributed by atoms with Crippen LogP contribution in [0.15, 0.2) is 44.4 Å². The predicted molar refractivity (Wildman–Crippen MR) is 115 cm³/mol. The van der Waals surface area contributed by atoms with Crippen LogP contribution in [-0.2, 0) is 11.3 Å². The normalized spacial score (nSPS) is 17.8. The summed E-state index contributed by atoms with van der Waals surface area (Å²) in [6.45, 7) is 4.28. The standard InChI is InChI=1S/C23H29N3O6/c27-19-14-18(15-24-9-11-26(12-10-24)23(29)20-6-5-13-30-20)31-16-21(19)32-17-22(28)25-7-3-1-2-4-8-25/h5-6,13-14,16H,1-4,7-12,15,17H2. The minimum atomic E-state index is -0.304. The van der Waals surface area contributed by atoms with Gasteiger partial charge in [-0.1, -0.05) is 12.8 Å². The van der Waals surface area contributed by atoms with Crippen LogP contribution in [0.2, 0.25) is 0 Å². The van der Waals surface area contributed by atoms with Crippen molar-refractivity contribution < 1.29 is 23.2 Å². The fraction of sp³-hybridized carbons (Fsp3) is 0.522. The summed E-state index contributed by atoms with van der Waals surface area (Å²) in [6.07, 6.45) is 7.07. The molecule has 2 aliphatic heterocycles. The van der Waals surface area contributed by atoms with E-state index in [4.69, 9.17) is 13.6 Å². The average molecular weight is 444 g/mol. The Kier molecular flexibility index (Phi) is 7.26. The summed E-state index contributed by atoms with van der Waals surface area (Å²) in [5.74, 6) is 0.696. The van der Waals surface area contributed by atoms with Crippen LogP contribution >= 0.6 is 0 Å². The van der Waals surface area contributed by atoms with Gasteiger partial charge in [0, 0.05) is 45.3 Å². The number of nitrogens with zero attached hydrogens (tertiary/aromatic N) is 3. The summed E-state index contributed by atoms with van der Waals surface area (Å²) in [5, 5.41) is 0. The number of carbonyl (C=O) groups is 2. The Morgan fingerprint density at radius 1 is 0.938 bits per heavy atom. The average Bonchev–Trinajstić information content (AvgIpc) is 3.20.